The van der Waals surface area contributed by atoms with Crippen LogP contribution in [-0.2, 0) is 14.2 Å². The van der Waals surface area contributed by atoms with Crippen LogP contribution in [0.5, 0.6) is 0 Å². The lowest BCUT2D eigenvalue weighted by atomic mass is 10.2. The van der Waals surface area contributed by atoms with Crippen molar-refractivity contribution in [1.29, 1.82) is 0 Å². The Kier molecular flexibility index (Phi) is 6.03. The minimum Gasteiger partial charge on any atom is -0.444 e. The molecule has 1 aliphatic rings. The van der Waals surface area contributed by atoms with Gasteiger partial charge in [0.05, 0.1) is 0 Å². The van der Waals surface area contributed by atoms with Crippen LogP contribution in [0.3, 0.4) is 0 Å². The van der Waals surface area contributed by atoms with Gasteiger partial charge in [-0.2, -0.15) is 0 Å². The quantitative estimate of drug-likeness (QED) is 0.720. The van der Waals surface area contributed by atoms with Crippen LogP contribution in [0.15, 0.2) is 0 Å². The van der Waals surface area contributed by atoms with Crippen LogP contribution in [0.25, 0.3) is 0 Å². The van der Waals surface area contributed by atoms with E-state index >= 15 is 0 Å². The SMILES string of the molecule is COC(CN1CCN(C(=O)OC(C)(C)C)CC1)OC. The molecule has 0 saturated carbocycles. The van der Waals surface area contributed by atoms with Crippen molar-refractivity contribution in [3.8, 4) is 0 Å². The monoisotopic (exact) mass is 274 g/mol. The van der Waals surface area contributed by atoms with Gasteiger partial charge in [-0.15, -0.1) is 0 Å². The Morgan fingerprint density at radius 3 is 2.05 bits per heavy atom. The first kappa shape index (κ1) is 16.2. The van der Waals surface area contributed by atoms with Crippen molar-refractivity contribution in [2.75, 3.05) is 46.9 Å². The van der Waals surface area contributed by atoms with Crippen LogP contribution in [0.2, 0.25) is 0 Å². The molecule has 0 unspecified atom stereocenters. The molecule has 0 aromatic carbocycles. The van der Waals surface area contributed by atoms with Gasteiger partial charge in [-0.25, -0.2) is 4.79 Å². The highest BCUT2D eigenvalue weighted by Crippen LogP contribution is 2.12. The van der Waals surface area contributed by atoms with Gasteiger partial charge in [0.15, 0.2) is 6.29 Å². The number of piperazine rings is 1. The summed E-state index contributed by atoms with van der Waals surface area (Å²) < 4.78 is 15.7. The summed E-state index contributed by atoms with van der Waals surface area (Å²) >= 11 is 0. The number of hydrogen-bond donors (Lipinski definition) is 0. The van der Waals surface area contributed by atoms with Gasteiger partial charge in [0.25, 0.3) is 0 Å². The molecule has 19 heavy (non-hydrogen) atoms. The molecule has 1 amide bonds. The Morgan fingerprint density at radius 1 is 1.11 bits per heavy atom. The zero-order valence-electron chi connectivity index (χ0n) is 12.6. The zero-order valence-corrected chi connectivity index (χ0v) is 12.6. The van der Waals surface area contributed by atoms with E-state index in [2.05, 4.69) is 4.90 Å². The minimum absolute atomic E-state index is 0.215. The Balaban J connectivity index is 2.34. The molecule has 0 aromatic heterocycles. The van der Waals surface area contributed by atoms with E-state index in [0.29, 0.717) is 13.1 Å². The predicted molar refractivity (Wildman–Crippen MR) is 72.1 cm³/mol. The average Bonchev–Trinajstić information content (AvgIpc) is 2.34. The molecule has 1 saturated heterocycles. The van der Waals surface area contributed by atoms with E-state index < -0.39 is 5.60 Å². The maximum atomic E-state index is 11.9. The van der Waals surface area contributed by atoms with Crippen molar-refractivity contribution in [3.05, 3.63) is 0 Å². The fourth-order valence-electron chi connectivity index (χ4n) is 1.90. The molecule has 0 bridgehead atoms. The van der Waals surface area contributed by atoms with Gasteiger partial charge in [0.2, 0.25) is 0 Å². The third-order valence-corrected chi connectivity index (χ3v) is 2.96. The Labute approximate surface area is 115 Å². The second-order valence-electron chi connectivity index (χ2n) is 5.67. The number of methoxy groups -OCH3 is 2. The smallest absolute Gasteiger partial charge is 0.410 e. The topological polar surface area (TPSA) is 51.2 Å². The van der Waals surface area contributed by atoms with Gasteiger partial charge in [-0.1, -0.05) is 0 Å². The Hall–Kier alpha value is -0.850. The molecular weight excluding hydrogens is 248 g/mol. The largest absolute Gasteiger partial charge is 0.444 e. The molecule has 6 nitrogen and oxygen atoms in total. The van der Waals surface area contributed by atoms with Crippen LogP contribution in [-0.4, -0.2) is 74.7 Å². The van der Waals surface area contributed by atoms with E-state index in [4.69, 9.17) is 14.2 Å². The van der Waals surface area contributed by atoms with Crippen LogP contribution in [0.1, 0.15) is 20.8 Å². The molecule has 6 heteroatoms. The zero-order chi connectivity index (χ0) is 14.5. The van der Waals surface area contributed by atoms with E-state index in [9.17, 15) is 4.79 Å². The third-order valence-electron chi connectivity index (χ3n) is 2.96. The lowest BCUT2D eigenvalue weighted by molar-refractivity contribution is -0.119. The number of rotatable bonds is 4. The summed E-state index contributed by atoms with van der Waals surface area (Å²) in [5.74, 6) is 0. The van der Waals surface area contributed by atoms with E-state index in [0.717, 1.165) is 19.6 Å². The first-order valence-electron chi connectivity index (χ1n) is 6.61. The van der Waals surface area contributed by atoms with Gasteiger partial charge in [-0.05, 0) is 20.8 Å². The normalized spacial score (nSPS) is 17.9. The lowest BCUT2D eigenvalue weighted by Gasteiger charge is -2.36. The van der Waals surface area contributed by atoms with Crippen LogP contribution in [0, 0.1) is 0 Å². The molecule has 1 heterocycles. The molecule has 0 spiro atoms. The molecule has 0 aliphatic carbocycles. The fraction of sp³-hybridized carbons (Fsp3) is 0.923. The molecule has 112 valence electrons. The van der Waals surface area contributed by atoms with Crippen molar-refractivity contribution in [3.63, 3.8) is 0 Å². The number of nitrogens with zero attached hydrogens (tertiary/aromatic N) is 2. The summed E-state index contributed by atoms with van der Waals surface area (Å²) in [6, 6.07) is 0. The lowest BCUT2D eigenvalue weighted by Crippen LogP contribution is -2.51. The highest BCUT2D eigenvalue weighted by molar-refractivity contribution is 5.68. The average molecular weight is 274 g/mol. The molecule has 1 fully saturated rings. The van der Waals surface area contributed by atoms with Gasteiger partial charge < -0.3 is 19.1 Å². The van der Waals surface area contributed by atoms with Crippen LogP contribution < -0.4 is 0 Å². The van der Waals surface area contributed by atoms with Gasteiger partial charge in [0.1, 0.15) is 5.60 Å². The molecule has 0 N–H and O–H groups in total. The standard InChI is InChI=1S/C13H26N2O4/c1-13(2,3)19-12(16)15-8-6-14(7-9-15)10-11(17-4)18-5/h11H,6-10H2,1-5H3. The molecule has 1 rings (SSSR count). The fourth-order valence-corrected chi connectivity index (χ4v) is 1.90. The van der Waals surface area contributed by atoms with E-state index in [1.165, 1.54) is 0 Å². The molecule has 0 aromatic rings. The number of hydrogen-bond acceptors (Lipinski definition) is 5. The minimum atomic E-state index is -0.439. The summed E-state index contributed by atoms with van der Waals surface area (Å²) in [6.07, 6.45) is -0.449. The van der Waals surface area contributed by atoms with Crippen LogP contribution in [0.4, 0.5) is 4.79 Å². The van der Waals surface area contributed by atoms with E-state index in [1.807, 2.05) is 20.8 Å². The molecule has 1 aliphatic heterocycles. The van der Waals surface area contributed by atoms with Crippen molar-refractivity contribution in [1.82, 2.24) is 9.80 Å². The van der Waals surface area contributed by atoms with Gasteiger partial charge in [-0.3, -0.25) is 4.90 Å². The summed E-state index contributed by atoms with van der Waals surface area (Å²) in [6.45, 7) is 9.32. The summed E-state index contributed by atoms with van der Waals surface area (Å²) in [4.78, 5) is 15.9. The second kappa shape index (κ2) is 7.07. The highest BCUT2D eigenvalue weighted by atomic mass is 16.7. The number of carbonyl (C=O) groups excluding carboxylic acids is 1. The number of carbonyl (C=O) groups is 1. The van der Waals surface area contributed by atoms with Crippen molar-refractivity contribution < 1.29 is 19.0 Å². The van der Waals surface area contributed by atoms with Gasteiger partial charge >= 0.3 is 6.09 Å². The molecular formula is C13H26N2O4. The van der Waals surface area contributed by atoms with Crippen molar-refractivity contribution >= 4 is 6.09 Å². The Morgan fingerprint density at radius 2 is 1.63 bits per heavy atom. The second-order valence-corrected chi connectivity index (χ2v) is 5.67. The predicted octanol–water partition coefficient (Wildman–Crippen LogP) is 1.16. The maximum absolute atomic E-state index is 11.9. The van der Waals surface area contributed by atoms with E-state index in [1.54, 1.807) is 19.1 Å². The summed E-state index contributed by atoms with van der Waals surface area (Å²) in [7, 11) is 3.26. The molecule has 0 radical (unpaired) electrons. The van der Waals surface area contributed by atoms with Gasteiger partial charge in [0, 0.05) is 46.9 Å². The Bertz CT molecular complexity index is 279. The molecule has 0 atom stereocenters. The van der Waals surface area contributed by atoms with Crippen molar-refractivity contribution in [2.24, 2.45) is 0 Å². The van der Waals surface area contributed by atoms with Crippen LogP contribution >= 0.6 is 0 Å². The number of amides is 1. The summed E-state index contributed by atoms with van der Waals surface area (Å²) in [5.41, 5.74) is -0.439. The first-order valence-corrected chi connectivity index (χ1v) is 6.61. The maximum Gasteiger partial charge on any atom is 0.410 e. The summed E-state index contributed by atoms with van der Waals surface area (Å²) in [5, 5.41) is 0. The van der Waals surface area contributed by atoms with Crippen molar-refractivity contribution in [2.45, 2.75) is 32.7 Å². The highest BCUT2D eigenvalue weighted by Gasteiger charge is 2.26. The van der Waals surface area contributed by atoms with E-state index in [-0.39, 0.29) is 12.4 Å². The first-order chi connectivity index (χ1) is 8.85. The third kappa shape index (κ3) is 5.76. The number of ether oxygens (including phenoxy) is 3.